The van der Waals surface area contributed by atoms with Crippen LogP contribution in [0.4, 0.5) is 0 Å². The number of rotatable bonds is 2. The molecule has 1 N–H and O–H groups in total. The highest BCUT2D eigenvalue weighted by molar-refractivity contribution is 5.29. The summed E-state index contributed by atoms with van der Waals surface area (Å²) >= 11 is 0. The Morgan fingerprint density at radius 2 is 1.93 bits per heavy atom. The summed E-state index contributed by atoms with van der Waals surface area (Å²) < 4.78 is 5.17. The summed E-state index contributed by atoms with van der Waals surface area (Å²) in [6, 6.07) is 8.53. The average molecular weight is 205 g/mol. The molecule has 0 aliphatic carbocycles. The molecule has 2 nitrogen and oxygen atoms in total. The molecule has 1 saturated heterocycles. The zero-order chi connectivity index (χ0) is 10.5. The molecule has 1 heterocycles. The van der Waals surface area contributed by atoms with Crippen molar-refractivity contribution in [3.05, 3.63) is 29.8 Å². The van der Waals surface area contributed by atoms with E-state index >= 15 is 0 Å². The third-order valence-electron chi connectivity index (χ3n) is 3.16. The van der Waals surface area contributed by atoms with Crippen molar-refractivity contribution in [2.45, 2.75) is 25.2 Å². The van der Waals surface area contributed by atoms with E-state index in [4.69, 9.17) is 4.74 Å². The Balaban J connectivity index is 2.06. The van der Waals surface area contributed by atoms with Crippen molar-refractivity contribution in [3.8, 4) is 5.75 Å². The largest absolute Gasteiger partial charge is 0.497 e. The van der Waals surface area contributed by atoms with Gasteiger partial charge in [-0.3, -0.25) is 0 Å². The molecule has 1 aliphatic heterocycles. The highest BCUT2D eigenvalue weighted by atomic mass is 16.5. The number of nitrogens with one attached hydrogen (secondary N) is 1. The second-order valence-electron chi connectivity index (χ2n) is 4.15. The molecule has 0 unspecified atom stereocenters. The van der Waals surface area contributed by atoms with Gasteiger partial charge in [0.25, 0.3) is 0 Å². The Labute approximate surface area is 91.6 Å². The van der Waals surface area contributed by atoms with E-state index in [1.165, 1.54) is 31.4 Å². The van der Waals surface area contributed by atoms with Crippen LogP contribution in [0.25, 0.3) is 0 Å². The van der Waals surface area contributed by atoms with Gasteiger partial charge in [-0.25, -0.2) is 0 Å². The molecular formula is C13H19NO. The fourth-order valence-corrected chi connectivity index (χ4v) is 2.23. The van der Waals surface area contributed by atoms with E-state index < -0.39 is 0 Å². The summed E-state index contributed by atoms with van der Waals surface area (Å²) in [5.41, 5.74) is 1.46. The van der Waals surface area contributed by atoms with Crippen LogP contribution >= 0.6 is 0 Å². The molecule has 2 rings (SSSR count). The molecule has 82 valence electrons. The molecule has 2 heteroatoms. The fourth-order valence-electron chi connectivity index (χ4n) is 2.23. The van der Waals surface area contributed by atoms with Gasteiger partial charge >= 0.3 is 0 Å². The third-order valence-corrected chi connectivity index (χ3v) is 3.16. The fraction of sp³-hybridized carbons (Fsp3) is 0.538. The van der Waals surface area contributed by atoms with E-state index in [-0.39, 0.29) is 0 Å². The highest BCUT2D eigenvalue weighted by Gasteiger charge is 2.13. The molecule has 0 saturated carbocycles. The highest BCUT2D eigenvalue weighted by Crippen LogP contribution is 2.27. The predicted molar refractivity (Wildman–Crippen MR) is 62.5 cm³/mol. The maximum atomic E-state index is 5.17. The molecule has 0 radical (unpaired) electrons. The monoisotopic (exact) mass is 205 g/mol. The van der Waals surface area contributed by atoms with Crippen LogP contribution in [0.1, 0.15) is 30.7 Å². The van der Waals surface area contributed by atoms with Crippen molar-refractivity contribution in [2.75, 3.05) is 20.2 Å². The normalized spacial score (nSPS) is 22.1. The van der Waals surface area contributed by atoms with Gasteiger partial charge in [0.05, 0.1) is 7.11 Å². The number of hydrogen-bond acceptors (Lipinski definition) is 2. The van der Waals surface area contributed by atoms with Gasteiger partial charge in [0.15, 0.2) is 0 Å². The molecule has 0 amide bonds. The lowest BCUT2D eigenvalue weighted by atomic mass is 9.92. The van der Waals surface area contributed by atoms with E-state index in [0.29, 0.717) is 0 Å². The summed E-state index contributed by atoms with van der Waals surface area (Å²) in [6.07, 6.45) is 3.85. The first-order chi connectivity index (χ1) is 7.40. The molecule has 1 aromatic rings. The Morgan fingerprint density at radius 1 is 1.13 bits per heavy atom. The lowest BCUT2D eigenvalue weighted by Crippen LogP contribution is -2.13. The smallest absolute Gasteiger partial charge is 0.118 e. The number of benzene rings is 1. The minimum Gasteiger partial charge on any atom is -0.497 e. The molecule has 1 aliphatic rings. The van der Waals surface area contributed by atoms with E-state index in [9.17, 15) is 0 Å². The molecule has 0 spiro atoms. The van der Waals surface area contributed by atoms with Gasteiger partial charge in [-0.2, -0.15) is 0 Å². The van der Waals surface area contributed by atoms with Crippen LogP contribution in [0.15, 0.2) is 24.3 Å². The van der Waals surface area contributed by atoms with Crippen LogP contribution in [0.2, 0.25) is 0 Å². The van der Waals surface area contributed by atoms with E-state index in [0.717, 1.165) is 18.2 Å². The summed E-state index contributed by atoms with van der Waals surface area (Å²) in [7, 11) is 1.71. The second kappa shape index (κ2) is 5.17. The first-order valence-corrected chi connectivity index (χ1v) is 5.75. The van der Waals surface area contributed by atoms with Crippen LogP contribution in [0, 0.1) is 0 Å². The van der Waals surface area contributed by atoms with Gasteiger partial charge < -0.3 is 10.1 Å². The molecule has 1 aromatic carbocycles. The summed E-state index contributed by atoms with van der Waals surface area (Å²) in [4.78, 5) is 0. The predicted octanol–water partition coefficient (Wildman–Crippen LogP) is 2.55. The minimum atomic E-state index is 0.728. The average Bonchev–Trinajstić information content (AvgIpc) is 2.58. The number of hydrogen-bond donors (Lipinski definition) is 1. The molecular weight excluding hydrogens is 186 g/mol. The van der Waals surface area contributed by atoms with Crippen LogP contribution < -0.4 is 10.1 Å². The maximum absolute atomic E-state index is 5.17. The van der Waals surface area contributed by atoms with Crippen molar-refractivity contribution >= 4 is 0 Å². The van der Waals surface area contributed by atoms with Crippen LogP contribution in [0.3, 0.4) is 0 Å². The van der Waals surface area contributed by atoms with E-state index in [2.05, 4.69) is 29.6 Å². The quantitative estimate of drug-likeness (QED) is 0.801. The zero-order valence-electron chi connectivity index (χ0n) is 9.33. The Kier molecular flexibility index (Phi) is 3.62. The number of methoxy groups -OCH3 is 1. The Hall–Kier alpha value is -1.02. The van der Waals surface area contributed by atoms with Crippen molar-refractivity contribution in [3.63, 3.8) is 0 Å². The summed E-state index contributed by atoms with van der Waals surface area (Å²) in [5, 5.41) is 3.44. The van der Waals surface area contributed by atoms with Crippen molar-refractivity contribution in [2.24, 2.45) is 0 Å². The van der Waals surface area contributed by atoms with Crippen molar-refractivity contribution in [1.82, 2.24) is 5.32 Å². The molecule has 1 fully saturated rings. The van der Waals surface area contributed by atoms with Gasteiger partial charge in [0.2, 0.25) is 0 Å². The van der Waals surface area contributed by atoms with Gasteiger partial charge in [0.1, 0.15) is 5.75 Å². The molecule has 1 atom stereocenters. The first kappa shape index (κ1) is 10.5. The first-order valence-electron chi connectivity index (χ1n) is 5.75. The van der Waals surface area contributed by atoms with Gasteiger partial charge in [-0.1, -0.05) is 12.1 Å². The topological polar surface area (TPSA) is 21.3 Å². The van der Waals surface area contributed by atoms with Crippen molar-refractivity contribution < 1.29 is 4.74 Å². The second-order valence-corrected chi connectivity index (χ2v) is 4.15. The van der Waals surface area contributed by atoms with Crippen LogP contribution in [0.5, 0.6) is 5.75 Å². The van der Waals surface area contributed by atoms with Crippen LogP contribution in [-0.2, 0) is 0 Å². The molecule has 0 aromatic heterocycles. The van der Waals surface area contributed by atoms with E-state index in [1.54, 1.807) is 7.11 Å². The third kappa shape index (κ3) is 2.72. The SMILES string of the molecule is COc1ccc([C@H]2CCCNCC2)cc1. The van der Waals surface area contributed by atoms with Gasteiger partial charge in [-0.15, -0.1) is 0 Å². The standard InChI is InChI=1S/C13H19NO/c1-15-13-6-4-12(5-7-13)11-3-2-9-14-10-8-11/h4-7,11,14H,2-3,8-10H2,1H3/t11-/m0/s1. The van der Waals surface area contributed by atoms with Gasteiger partial charge in [0, 0.05) is 0 Å². The summed E-state index contributed by atoms with van der Waals surface area (Å²) in [5.74, 6) is 1.68. The van der Waals surface area contributed by atoms with Gasteiger partial charge in [-0.05, 0) is 56.0 Å². The van der Waals surface area contributed by atoms with E-state index in [1.807, 2.05) is 0 Å². The van der Waals surface area contributed by atoms with Crippen molar-refractivity contribution in [1.29, 1.82) is 0 Å². The molecule has 15 heavy (non-hydrogen) atoms. The minimum absolute atomic E-state index is 0.728. The Morgan fingerprint density at radius 3 is 2.67 bits per heavy atom. The van der Waals surface area contributed by atoms with Crippen LogP contribution in [-0.4, -0.2) is 20.2 Å². The lowest BCUT2D eigenvalue weighted by Gasteiger charge is -2.14. The number of ether oxygens (including phenoxy) is 1. The Bertz CT molecular complexity index is 286. The zero-order valence-corrected chi connectivity index (χ0v) is 9.33. The lowest BCUT2D eigenvalue weighted by molar-refractivity contribution is 0.414. The summed E-state index contributed by atoms with van der Waals surface area (Å²) in [6.45, 7) is 2.32. The molecule has 0 bridgehead atoms. The maximum Gasteiger partial charge on any atom is 0.118 e.